The van der Waals surface area contributed by atoms with Crippen molar-refractivity contribution in [1.29, 1.82) is 0 Å². The molecule has 0 aromatic heterocycles. The number of anilines is 2. The molecular formula is C31H22N4O4S. The lowest BCUT2D eigenvalue weighted by molar-refractivity contribution is 0.0691. The van der Waals surface area contributed by atoms with Crippen molar-refractivity contribution in [2.45, 2.75) is 17.6 Å². The van der Waals surface area contributed by atoms with Crippen LogP contribution in [0.3, 0.4) is 0 Å². The van der Waals surface area contributed by atoms with Crippen LogP contribution in [0.1, 0.15) is 31.8 Å². The van der Waals surface area contributed by atoms with Gasteiger partial charge in [0.05, 0.1) is 22.5 Å². The van der Waals surface area contributed by atoms with Crippen LogP contribution in [-0.2, 0) is 5.75 Å². The number of amides is 2. The van der Waals surface area contributed by atoms with E-state index in [1.54, 1.807) is 67.2 Å². The van der Waals surface area contributed by atoms with Crippen LogP contribution < -0.4 is 27.1 Å². The minimum absolute atomic E-state index is 0.118. The Kier molecular flexibility index (Phi) is 6.49. The molecule has 5 aromatic carbocycles. The molecule has 0 spiro atoms. The molecular weight excluding hydrogens is 524 g/mol. The first-order valence-electron chi connectivity index (χ1n) is 12.5. The number of nitrogens with zero attached hydrogens (tertiary/aromatic N) is 2. The van der Waals surface area contributed by atoms with E-state index in [9.17, 15) is 19.2 Å². The van der Waals surface area contributed by atoms with E-state index in [-0.39, 0.29) is 27.6 Å². The Morgan fingerprint density at radius 3 is 2.23 bits per heavy atom. The van der Waals surface area contributed by atoms with Gasteiger partial charge in [-0.25, -0.2) is 0 Å². The maximum absolute atomic E-state index is 13.3. The van der Waals surface area contributed by atoms with Crippen LogP contribution in [0.5, 0.6) is 0 Å². The second-order valence-electron chi connectivity index (χ2n) is 9.32. The summed E-state index contributed by atoms with van der Waals surface area (Å²) in [6.07, 6.45) is 0. The number of para-hydroxylation sites is 1. The number of benzene rings is 4. The summed E-state index contributed by atoms with van der Waals surface area (Å²) >= 11 is 1.57. The molecule has 0 unspecified atom stereocenters. The lowest BCUT2D eigenvalue weighted by Gasteiger charge is -2.16. The molecule has 0 atom stereocenters. The topological polar surface area (TPSA) is 108 Å². The first kappa shape index (κ1) is 25.3. The predicted molar refractivity (Wildman–Crippen MR) is 156 cm³/mol. The molecule has 5 aromatic rings. The highest BCUT2D eigenvalue weighted by atomic mass is 32.2. The minimum atomic E-state index is -0.567. The van der Waals surface area contributed by atoms with E-state index in [0.717, 1.165) is 21.2 Å². The first-order valence-corrected chi connectivity index (χ1v) is 13.5. The van der Waals surface area contributed by atoms with Crippen LogP contribution in [0, 0.1) is 6.92 Å². The Morgan fingerprint density at radius 1 is 0.775 bits per heavy atom. The second-order valence-corrected chi connectivity index (χ2v) is 10.4. The summed E-state index contributed by atoms with van der Waals surface area (Å²) in [5.74, 6) is -0.353. The number of thioether (sulfide) groups is 1. The zero-order valence-corrected chi connectivity index (χ0v) is 22.1. The number of imide groups is 1. The highest BCUT2D eigenvalue weighted by Gasteiger charge is 2.38. The third-order valence-corrected chi connectivity index (χ3v) is 7.78. The van der Waals surface area contributed by atoms with Crippen molar-refractivity contribution in [3.05, 3.63) is 139 Å². The van der Waals surface area contributed by atoms with Crippen LogP contribution in [0.25, 0.3) is 10.8 Å². The number of nitrogens with one attached hydrogen (secondary N) is 2. The molecule has 2 N–H and O–H groups in total. The largest absolute Gasteiger partial charge is 0.288 e. The monoisotopic (exact) mass is 546 g/mol. The molecule has 0 bridgehead atoms. The molecule has 8 nitrogen and oxygen atoms in total. The van der Waals surface area contributed by atoms with Crippen LogP contribution in [-0.4, -0.2) is 16.8 Å². The summed E-state index contributed by atoms with van der Waals surface area (Å²) in [7, 11) is 0. The number of fused-ring (bicyclic) bond motifs is 2. The Morgan fingerprint density at radius 2 is 1.48 bits per heavy atom. The lowest BCUT2D eigenvalue weighted by Crippen LogP contribution is -2.35. The summed E-state index contributed by atoms with van der Waals surface area (Å²) in [6, 6.07) is 27.3. The van der Waals surface area contributed by atoms with Gasteiger partial charge >= 0.3 is 0 Å². The van der Waals surface area contributed by atoms with E-state index < -0.39 is 22.7 Å². The number of hydrogen-bond donors (Lipinski definition) is 2. The summed E-state index contributed by atoms with van der Waals surface area (Å²) < 4.78 is 0. The fourth-order valence-electron chi connectivity index (χ4n) is 4.63. The van der Waals surface area contributed by atoms with Crippen molar-refractivity contribution in [1.82, 2.24) is 5.01 Å². The van der Waals surface area contributed by atoms with Gasteiger partial charge in [0.25, 0.3) is 11.8 Å². The Hall–Kier alpha value is -5.02. The van der Waals surface area contributed by atoms with Crippen molar-refractivity contribution in [3.8, 4) is 0 Å². The minimum Gasteiger partial charge on any atom is -0.288 e. The Balaban J connectivity index is 1.32. The number of carbonyl (C=O) groups excluding carboxylic acids is 2. The number of aryl methyl sites for hydroxylation is 1. The molecule has 196 valence electrons. The standard InChI is InChI=1S/C31H22N4O4S/c1-18-12-14-23-25(31(39)35(30(23)38)34-20-10-6-3-7-11-20)26(18)32-33-27-28(36)22-15-13-21(16-24(22)29(27)37)40-17-19-8-4-2-5-9-19/h2-16,32,34H,17H2,1H3. The zero-order valence-electron chi connectivity index (χ0n) is 21.3. The molecule has 40 heavy (non-hydrogen) atoms. The van der Waals surface area contributed by atoms with E-state index in [1.807, 2.05) is 42.5 Å². The van der Waals surface area contributed by atoms with Gasteiger partial charge in [-0.2, -0.15) is 10.1 Å². The molecule has 2 amide bonds. The molecule has 0 radical (unpaired) electrons. The molecule has 1 heterocycles. The number of rotatable bonds is 7. The maximum atomic E-state index is 13.3. The van der Waals surface area contributed by atoms with Gasteiger partial charge < -0.3 is 0 Å². The quantitative estimate of drug-likeness (QED) is 0.175. The third-order valence-electron chi connectivity index (χ3n) is 6.72. The van der Waals surface area contributed by atoms with Gasteiger partial charge in [-0.3, -0.25) is 30.0 Å². The van der Waals surface area contributed by atoms with Crippen molar-refractivity contribution < 1.29 is 9.59 Å². The SMILES string of the molecule is Cc1ccc2c(c1NN=c1c(=O)c3ccc(SCc4ccccc4)cc3c1=O)C(=O)N(Nc1ccccc1)C2=O. The van der Waals surface area contributed by atoms with E-state index in [0.29, 0.717) is 16.6 Å². The van der Waals surface area contributed by atoms with Crippen LogP contribution in [0.15, 0.2) is 111 Å². The highest BCUT2D eigenvalue weighted by molar-refractivity contribution is 7.98. The molecule has 1 aliphatic rings. The fraction of sp³-hybridized carbons (Fsp3) is 0.0645. The third kappa shape index (κ3) is 4.46. The van der Waals surface area contributed by atoms with E-state index in [4.69, 9.17) is 0 Å². The summed E-state index contributed by atoms with van der Waals surface area (Å²) in [5, 5.41) is 5.41. The molecule has 0 aliphatic carbocycles. The zero-order chi connectivity index (χ0) is 27.8. The average molecular weight is 547 g/mol. The lowest BCUT2D eigenvalue weighted by atomic mass is 10.0. The summed E-state index contributed by atoms with van der Waals surface area (Å²) in [4.78, 5) is 53.5. The van der Waals surface area contributed by atoms with Crippen LogP contribution in [0.4, 0.5) is 11.4 Å². The summed E-state index contributed by atoms with van der Waals surface area (Å²) in [5.41, 5.74) is 7.54. The first-order chi connectivity index (χ1) is 19.4. The molecule has 0 saturated heterocycles. The molecule has 1 aliphatic heterocycles. The van der Waals surface area contributed by atoms with Crippen molar-refractivity contribution in [3.63, 3.8) is 0 Å². The molecule has 9 heteroatoms. The Bertz CT molecular complexity index is 1950. The average Bonchev–Trinajstić information content (AvgIpc) is 3.36. The van der Waals surface area contributed by atoms with E-state index in [1.165, 1.54) is 0 Å². The fourth-order valence-corrected chi connectivity index (χ4v) is 5.52. The molecule has 6 rings (SSSR count). The molecule has 0 saturated carbocycles. The number of hydrogen-bond acceptors (Lipinski definition) is 8. The van der Waals surface area contributed by atoms with Crippen molar-refractivity contribution >= 4 is 45.7 Å². The maximum Gasteiger partial charge on any atom is 0.282 e. The van der Waals surface area contributed by atoms with Crippen LogP contribution in [0.2, 0.25) is 0 Å². The van der Waals surface area contributed by atoms with Crippen molar-refractivity contribution in [2.75, 3.05) is 10.9 Å². The van der Waals surface area contributed by atoms with Gasteiger partial charge in [0.15, 0.2) is 5.36 Å². The second kappa shape index (κ2) is 10.3. The van der Waals surface area contributed by atoms with Crippen LogP contribution >= 0.6 is 11.8 Å². The van der Waals surface area contributed by atoms with Gasteiger partial charge in [0, 0.05) is 21.4 Å². The Labute approximate surface area is 232 Å². The van der Waals surface area contributed by atoms with E-state index in [2.05, 4.69) is 16.0 Å². The normalized spacial score (nSPS) is 13.2. The molecule has 0 fully saturated rings. The smallest absolute Gasteiger partial charge is 0.282 e. The van der Waals surface area contributed by atoms with Gasteiger partial charge in [-0.05, 0) is 54.4 Å². The van der Waals surface area contributed by atoms with Gasteiger partial charge in [0.1, 0.15) is 0 Å². The number of carbonyl (C=O) groups is 2. The van der Waals surface area contributed by atoms with Gasteiger partial charge in [-0.1, -0.05) is 54.6 Å². The number of hydrazine groups is 1. The van der Waals surface area contributed by atoms with Gasteiger partial charge in [0.2, 0.25) is 10.9 Å². The summed E-state index contributed by atoms with van der Waals surface area (Å²) in [6.45, 7) is 1.75. The highest BCUT2D eigenvalue weighted by Crippen LogP contribution is 2.32. The van der Waals surface area contributed by atoms with Gasteiger partial charge in [-0.15, -0.1) is 11.8 Å². The predicted octanol–water partition coefficient (Wildman–Crippen LogP) is 4.59. The van der Waals surface area contributed by atoms with Crippen molar-refractivity contribution in [2.24, 2.45) is 5.10 Å². The van der Waals surface area contributed by atoms with E-state index >= 15 is 0 Å².